The van der Waals surface area contributed by atoms with Gasteiger partial charge in [0.1, 0.15) is 0 Å². The fourth-order valence-corrected chi connectivity index (χ4v) is 2.03. The van der Waals surface area contributed by atoms with Crippen molar-refractivity contribution in [3.8, 4) is 6.07 Å². The van der Waals surface area contributed by atoms with Crippen molar-refractivity contribution < 1.29 is 5.11 Å². The van der Waals surface area contributed by atoms with Gasteiger partial charge in [-0.3, -0.25) is 4.90 Å². The summed E-state index contributed by atoms with van der Waals surface area (Å²) in [5, 5.41) is 18.3. The first-order valence-electron chi connectivity index (χ1n) is 5.03. The quantitative estimate of drug-likeness (QED) is 0.782. The second-order valence-electron chi connectivity index (χ2n) is 4.45. The Morgan fingerprint density at radius 2 is 2.27 bits per heavy atom. The van der Waals surface area contributed by atoms with Crippen molar-refractivity contribution in [3.63, 3.8) is 0 Å². The zero-order chi connectivity index (χ0) is 10.9. The topological polar surface area (TPSA) is 47.3 Å². The molecule has 1 heterocycles. The van der Waals surface area contributed by atoms with Crippen LogP contribution in [0.4, 0.5) is 0 Å². The number of nitriles is 1. The van der Waals surface area contributed by atoms with Gasteiger partial charge in [-0.25, -0.2) is 0 Å². The number of hydrogen-bond donors (Lipinski definition) is 1. The SMILES string of the molecule is CC1(O)CN(Cc2cccc(C#N)c2)C1. The molecule has 1 aliphatic heterocycles. The monoisotopic (exact) mass is 202 g/mol. The predicted octanol–water partition coefficient (Wildman–Crippen LogP) is 1.12. The van der Waals surface area contributed by atoms with E-state index in [0.29, 0.717) is 18.7 Å². The maximum atomic E-state index is 9.57. The molecule has 1 saturated heterocycles. The third-order valence-corrected chi connectivity index (χ3v) is 2.59. The molecule has 0 radical (unpaired) electrons. The molecular weight excluding hydrogens is 188 g/mol. The van der Waals surface area contributed by atoms with Gasteiger partial charge < -0.3 is 5.11 Å². The molecule has 15 heavy (non-hydrogen) atoms. The highest BCUT2D eigenvalue weighted by atomic mass is 16.3. The third kappa shape index (κ3) is 2.35. The molecule has 0 unspecified atom stereocenters. The van der Waals surface area contributed by atoms with Gasteiger partial charge in [0.25, 0.3) is 0 Å². The van der Waals surface area contributed by atoms with Gasteiger partial charge in [0, 0.05) is 19.6 Å². The van der Waals surface area contributed by atoms with Crippen molar-refractivity contribution in [3.05, 3.63) is 35.4 Å². The standard InChI is InChI=1S/C12H14N2O/c1-12(15)8-14(9-12)7-11-4-2-3-10(5-11)6-13/h2-5,15H,7-9H2,1H3. The van der Waals surface area contributed by atoms with Crippen LogP contribution in [-0.4, -0.2) is 28.7 Å². The first kappa shape index (κ1) is 10.2. The Morgan fingerprint density at radius 3 is 2.87 bits per heavy atom. The molecule has 1 aromatic carbocycles. The molecule has 0 atom stereocenters. The van der Waals surface area contributed by atoms with E-state index in [1.54, 1.807) is 6.07 Å². The molecule has 0 amide bonds. The largest absolute Gasteiger partial charge is 0.388 e. The van der Waals surface area contributed by atoms with Gasteiger partial charge in [0.15, 0.2) is 0 Å². The number of benzene rings is 1. The summed E-state index contributed by atoms with van der Waals surface area (Å²) in [6, 6.07) is 9.72. The Labute approximate surface area is 89.6 Å². The van der Waals surface area contributed by atoms with E-state index >= 15 is 0 Å². The molecule has 3 nitrogen and oxygen atoms in total. The predicted molar refractivity (Wildman–Crippen MR) is 57.1 cm³/mol. The maximum Gasteiger partial charge on any atom is 0.0991 e. The molecule has 1 N–H and O–H groups in total. The van der Waals surface area contributed by atoms with Gasteiger partial charge in [-0.1, -0.05) is 12.1 Å². The Bertz CT molecular complexity index is 398. The molecule has 1 fully saturated rings. The number of likely N-dealkylation sites (tertiary alicyclic amines) is 1. The van der Waals surface area contributed by atoms with Crippen LogP contribution in [0.5, 0.6) is 0 Å². The number of nitrogens with zero attached hydrogens (tertiary/aromatic N) is 2. The van der Waals surface area contributed by atoms with Gasteiger partial charge in [0.2, 0.25) is 0 Å². The van der Waals surface area contributed by atoms with Crippen LogP contribution in [0.25, 0.3) is 0 Å². The second-order valence-corrected chi connectivity index (χ2v) is 4.45. The highest BCUT2D eigenvalue weighted by molar-refractivity contribution is 5.32. The summed E-state index contributed by atoms with van der Waals surface area (Å²) in [6.45, 7) is 4.08. The van der Waals surface area contributed by atoms with Crippen molar-refractivity contribution in [2.45, 2.75) is 19.1 Å². The normalized spacial score (nSPS) is 19.3. The lowest BCUT2D eigenvalue weighted by Crippen LogP contribution is -2.59. The van der Waals surface area contributed by atoms with Crippen LogP contribution >= 0.6 is 0 Å². The summed E-state index contributed by atoms with van der Waals surface area (Å²) >= 11 is 0. The zero-order valence-electron chi connectivity index (χ0n) is 8.77. The average Bonchev–Trinajstić information content (AvgIpc) is 2.15. The molecule has 3 heteroatoms. The molecule has 0 saturated carbocycles. The first-order valence-corrected chi connectivity index (χ1v) is 5.03. The summed E-state index contributed by atoms with van der Waals surface area (Å²) in [7, 11) is 0. The second kappa shape index (κ2) is 3.65. The summed E-state index contributed by atoms with van der Waals surface area (Å²) in [4.78, 5) is 2.16. The fraction of sp³-hybridized carbons (Fsp3) is 0.417. The summed E-state index contributed by atoms with van der Waals surface area (Å²) in [5.74, 6) is 0. The molecule has 78 valence electrons. The van der Waals surface area contributed by atoms with E-state index in [0.717, 1.165) is 12.1 Å². The van der Waals surface area contributed by atoms with Crippen molar-refractivity contribution >= 4 is 0 Å². The minimum atomic E-state index is -0.521. The van der Waals surface area contributed by atoms with E-state index in [2.05, 4.69) is 11.0 Å². The molecule has 2 rings (SSSR count). The average molecular weight is 202 g/mol. The Morgan fingerprint density at radius 1 is 1.53 bits per heavy atom. The minimum absolute atomic E-state index is 0.521. The molecule has 0 aromatic heterocycles. The first-order chi connectivity index (χ1) is 7.09. The van der Waals surface area contributed by atoms with Crippen LogP contribution in [0.2, 0.25) is 0 Å². The Hall–Kier alpha value is -1.37. The molecule has 0 spiro atoms. The van der Waals surface area contributed by atoms with Gasteiger partial charge >= 0.3 is 0 Å². The van der Waals surface area contributed by atoms with Crippen LogP contribution < -0.4 is 0 Å². The lowest BCUT2D eigenvalue weighted by atomic mass is 9.96. The van der Waals surface area contributed by atoms with E-state index in [1.807, 2.05) is 25.1 Å². The fourth-order valence-electron chi connectivity index (χ4n) is 2.03. The summed E-state index contributed by atoms with van der Waals surface area (Å²) in [5.41, 5.74) is 1.30. The van der Waals surface area contributed by atoms with E-state index < -0.39 is 5.60 Å². The molecule has 1 aromatic rings. The van der Waals surface area contributed by atoms with Gasteiger partial charge in [-0.05, 0) is 24.6 Å². The van der Waals surface area contributed by atoms with E-state index in [4.69, 9.17) is 5.26 Å². The van der Waals surface area contributed by atoms with E-state index in [-0.39, 0.29) is 0 Å². The van der Waals surface area contributed by atoms with Crippen molar-refractivity contribution in [2.24, 2.45) is 0 Å². The highest BCUT2D eigenvalue weighted by Gasteiger charge is 2.35. The van der Waals surface area contributed by atoms with Crippen LogP contribution in [-0.2, 0) is 6.54 Å². The number of hydrogen-bond acceptors (Lipinski definition) is 3. The molecule has 0 bridgehead atoms. The van der Waals surface area contributed by atoms with Crippen molar-refractivity contribution in [2.75, 3.05) is 13.1 Å². The van der Waals surface area contributed by atoms with Gasteiger partial charge in [-0.2, -0.15) is 5.26 Å². The van der Waals surface area contributed by atoms with Crippen LogP contribution in [0, 0.1) is 11.3 Å². The smallest absolute Gasteiger partial charge is 0.0991 e. The van der Waals surface area contributed by atoms with Crippen LogP contribution in [0.15, 0.2) is 24.3 Å². The van der Waals surface area contributed by atoms with E-state index in [9.17, 15) is 5.11 Å². The number of aliphatic hydroxyl groups is 1. The van der Waals surface area contributed by atoms with E-state index in [1.165, 1.54) is 0 Å². The number of rotatable bonds is 2. The minimum Gasteiger partial charge on any atom is -0.388 e. The lowest BCUT2D eigenvalue weighted by molar-refractivity contribution is -0.0871. The third-order valence-electron chi connectivity index (χ3n) is 2.59. The highest BCUT2D eigenvalue weighted by Crippen LogP contribution is 2.22. The zero-order valence-corrected chi connectivity index (χ0v) is 8.77. The van der Waals surface area contributed by atoms with Crippen LogP contribution in [0.3, 0.4) is 0 Å². The summed E-state index contributed by atoms with van der Waals surface area (Å²) in [6.07, 6.45) is 0. The summed E-state index contributed by atoms with van der Waals surface area (Å²) < 4.78 is 0. The van der Waals surface area contributed by atoms with Crippen molar-refractivity contribution in [1.29, 1.82) is 5.26 Å². The lowest BCUT2D eigenvalue weighted by Gasteiger charge is -2.44. The molecule has 0 aliphatic carbocycles. The maximum absolute atomic E-state index is 9.57. The van der Waals surface area contributed by atoms with Crippen molar-refractivity contribution in [1.82, 2.24) is 4.90 Å². The van der Waals surface area contributed by atoms with Gasteiger partial charge in [0.05, 0.1) is 17.2 Å². The Balaban J connectivity index is 1.98. The molecule has 1 aliphatic rings. The van der Waals surface area contributed by atoms with Crippen LogP contribution in [0.1, 0.15) is 18.1 Å². The number of β-amino-alcohol motifs (C(OH)–C–C–N with tert-alkyl or cyclic N) is 1. The molecular formula is C12H14N2O. The Kier molecular flexibility index (Phi) is 2.47. The van der Waals surface area contributed by atoms with Gasteiger partial charge in [-0.15, -0.1) is 0 Å².